The second-order valence-corrected chi connectivity index (χ2v) is 4.18. The van der Waals surface area contributed by atoms with Gasteiger partial charge in [0.2, 0.25) is 0 Å². The molecule has 1 unspecified atom stereocenters. The lowest BCUT2D eigenvalue weighted by atomic mass is 9.90. The van der Waals surface area contributed by atoms with Gasteiger partial charge in [0.25, 0.3) is 0 Å². The molecule has 0 saturated carbocycles. The van der Waals surface area contributed by atoms with Crippen LogP contribution in [0.4, 0.5) is 0 Å². The highest BCUT2D eigenvalue weighted by atomic mass is 16.4. The second kappa shape index (κ2) is 5.48. The second-order valence-electron chi connectivity index (χ2n) is 4.18. The number of aryl methyl sites for hydroxylation is 2. The van der Waals surface area contributed by atoms with Gasteiger partial charge in [-0.1, -0.05) is 23.8 Å². The van der Waals surface area contributed by atoms with Crippen LogP contribution in [0.3, 0.4) is 0 Å². The highest BCUT2D eigenvalue weighted by Crippen LogP contribution is 2.25. The van der Waals surface area contributed by atoms with Crippen molar-refractivity contribution in [1.82, 2.24) is 0 Å². The Morgan fingerprint density at radius 3 is 2.41 bits per heavy atom. The van der Waals surface area contributed by atoms with Crippen molar-refractivity contribution < 1.29 is 19.8 Å². The molecule has 0 amide bonds. The fraction of sp³-hybridized carbons (Fsp3) is 0.385. The number of aliphatic carboxylic acids is 2. The van der Waals surface area contributed by atoms with Gasteiger partial charge >= 0.3 is 11.9 Å². The van der Waals surface area contributed by atoms with E-state index in [0.29, 0.717) is 5.56 Å². The van der Waals surface area contributed by atoms with Crippen LogP contribution in [0.5, 0.6) is 0 Å². The maximum atomic E-state index is 11.2. The summed E-state index contributed by atoms with van der Waals surface area (Å²) in [6, 6.07) is 5.59. The van der Waals surface area contributed by atoms with E-state index < -0.39 is 17.9 Å². The van der Waals surface area contributed by atoms with Crippen molar-refractivity contribution in [2.45, 2.75) is 32.6 Å². The van der Waals surface area contributed by atoms with Gasteiger partial charge < -0.3 is 10.2 Å². The van der Waals surface area contributed by atoms with Crippen LogP contribution in [-0.4, -0.2) is 22.2 Å². The Hall–Kier alpha value is -1.84. The Bertz CT molecular complexity index is 437. The summed E-state index contributed by atoms with van der Waals surface area (Å²) in [5, 5.41) is 17.8. The van der Waals surface area contributed by atoms with Gasteiger partial charge in [-0.3, -0.25) is 9.59 Å². The summed E-state index contributed by atoms with van der Waals surface area (Å²) < 4.78 is 0. The summed E-state index contributed by atoms with van der Waals surface area (Å²) in [6.07, 6.45) is -0.0146. The molecule has 4 nitrogen and oxygen atoms in total. The van der Waals surface area contributed by atoms with Crippen LogP contribution in [0, 0.1) is 13.8 Å². The van der Waals surface area contributed by atoms with Crippen molar-refractivity contribution in [3.05, 3.63) is 34.9 Å². The van der Waals surface area contributed by atoms with Gasteiger partial charge in [0, 0.05) is 6.42 Å². The largest absolute Gasteiger partial charge is 0.481 e. The molecular formula is C13H16O4. The third-order valence-corrected chi connectivity index (χ3v) is 2.76. The minimum absolute atomic E-state index is 0.120. The number of benzene rings is 1. The van der Waals surface area contributed by atoms with Gasteiger partial charge in [-0.15, -0.1) is 0 Å². The predicted molar refractivity (Wildman–Crippen MR) is 63.2 cm³/mol. The van der Waals surface area contributed by atoms with Crippen molar-refractivity contribution >= 4 is 11.9 Å². The van der Waals surface area contributed by atoms with Gasteiger partial charge in [-0.2, -0.15) is 0 Å². The summed E-state index contributed by atoms with van der Waals surface area (Å²) >= 11 is 0. The molecule has 1 atom stereocenters. The Morgan fingerprint density at radius 1 is 1.24 bits per heavy atom. The van der Waals surface area contributed by atoms with Crippen LogP contribution < -0.4 is 0 Å². The molecule has 0 spiro atoms. The number of hydrogen-bond donors (Lipinski definition) is 2. The number of rotatable bonds is 5. The standard InChI is InChI=1S/C13H16O4/c1-8-3-4-9(2)11(7-8)10(13(16)17)5-6-12(14)15/h3-4,7,10H,5-6H2,1-2H3,(H,14,15)(H,16,17). The van der Waals surface area contributed by atoms with Crippen LogP contribution in [0.25, 0.3) is 0 Å². The average Bonchev–Trinajstić information content (AvgIpc) is 2.22. The number of carbonyl (C=O) groups is 2. The first-order valence-electron chi connectivity index (χ1n) is 5.43. The molecule has 0 aliphatic carbocycles. The molecule has 0 heterocycles. The van der Waals surface area contributed by atoms with Crippen molar-refractivity contribution in [1.29, 1.82) is 0 Å². The lowest BCUT2D eigenvalue weighted by molar-refractivity contribution is -0.140. The van der Waals surface area contributed by atoms with Gasteiger partial charge in [-0.05, 0) is 31.4 Å². The normalized spacial score (nSPS) is 12.1. The quantitative estimate of drug-likeness (QED) is 0.822. The lowest BCUT2D eigenvalue weighted by Crippen LogP contribution is -2.14. The zero-order valence-corrected chi connectivity index (χ0v) is 9.93. The maximum Gasteiger partial charge on any atom is 0.310 e. The van der Waals surface area contributed by atoms with Crippen LogP contribution in [0.15, 0.2) is 18.2 Å². The third-order valence-electron chi connectivity index (χ3n) is 2.76. The first-order chi connectivity index (χ1) is 7.91. The minimum atomic E-state index is -0.972. The number of hydrogen-bond acceptors (Lipinski definition) is 2. The zero-order valence-electron chi connectivity index (χ0n) is 9.93. The molecule has 0 saturated heterocycles. The summed E-state index contributed by atoms with van der Waals surface area (Å²) in [4.78, 5) is 21.7. The highest BCUT2D eigenvalue weighted by Gasteiger charge is 2.22. The molecule has 2 N–H and O–H groups in total. The molecule has 0 aliphatic heterocycles. The van der Waals surface area contributed by atoms with E-state index in [9.17, 15) is 9.59 Å². The number of carboxylic acid groups (broad SMARTS) is 2. The molecule has 4 heteroatoms. The third kappa shape index (κ3) is 3.59. The van der Waals surface area contributed by atoms with E-state index in [0.717, 1.165) is 11.1 Å². The van der Waals surface area contributed by atoms with Crippen molar-refractivity contribution in [3.8, 4) is 0 Å². The SMILES string of the molecule is Cc1ccc(C)c(C(CCC(=O)O)C(=O)O)c1. The Morgan fingerprint density at radius 2 is 1.88 bits per heavy atom. The molecule has 1 rings (SSSR count). The molecule has 0 bridgehead atoms. The summed E-state index contributed by atoms with van der Waals surface area (Å²) in [5.41, 5.74) is 2.57. The van der Waals surface area contributed by atoms with Gasteiger partial charge in [-0.25, -0.2) is 0 Å². The minimum Gasteiger partial charge on any atom is -0.481 e. The van der Waals surface area contributed by atoms with Gasteiger partial charge in [0.1, 0.15) is 0 Å². The van der Waals surface area contributed by atoms with Crippen molar-refractivity contribution in [2.24, 2.45) is 0 Å². The highest BCUT2D eigenvalue weighted by molar-refractivity contribution is 5.78. The Kier molecular flexibility index (Phi) is 4.26. The molecule has 0 fully saturated rings. The molecule has 0 aromatic heterocycles. The van der Waals surface area contributed by atoms with E-state index in [1.807, 2.05) is 32.0 Å². The van der Waals surface area contributed by atoms with E-state index >= 15 is 0 Å². The zero-order chi connectivity index (χ0) is 13.0. The first kappa shape index (κ1) is 13.2. The van der Waals surface area contributed by atoms with Crippen LogP contribution in [0.1, 0.15) is 35.4 Å². The Labute approximate surface area is 99.9 Å². The molecule has 0 radical (unpaired) electrons. The van der Waals surface area contributed by atoms with Crippen LogP contribution >= 0.6 is 0 Å². The summed E-state index contributed by atoms with van der Waals surface area (Å²) in [7, 11) is 0. The van der Waals surface area contributed by atoms with E-state index in [-0.39, 0.29) is 12.8 Å². The van der Waals surface area contributed by atoms with Crippen LogP contribution in [-0.2, 0) is 9.59 Å². The fourth-order valence-electron chi connectivity index (χ4n) is 1.82. The van der Waals surface area contributed by atoms with Crippen molar-refractivity contribution in [3.63, 3.8) is 0 Å². The fourth-order valence-corrected chi connectivity index (χ4v) is 1.82. The first-order valence-corrected chi connectivity index (χ1v) is 5.43. The van der Waals surface area contributed by atoms with E-state index in [2.05, 4.69) is 0 Å². The topological polar surface area (TPSA) is 74.6 Å². The molecule has 0 aliphatic rings. The van der Waals surface area contributed by atoms with Crippen LogP contribution in [0.2, 0.25) is 0 Å². The van der Waals surface area contributed by atoms with E-state index in [1.165, 1.54) is 0 Å². The number of carboxylic acids is 2. The molecule has 1 aromatic carbocycles. The van der Waals surface area contributed by atoms with Gasteiger partial charge in [0.15, 0.2) is 0 Å². The van der Waals surface area contributed by atoms with Gasteiger partial charge in [0.05, 0.1) is 5.92 Å². The summed E-state index contributed by atoms with van der Waals surface area (Å²) in [5.74, 6) is -2.69. The molecule has 92 valence electrons. The Balaban J connectivity index is 3.00. The molecule has 17 heavy (non-hydrogen) atoms. The molecular weight excluding hydrogens is 220 g/mol. The smallest absolute Gasteiger partial charge is 0.310 e. The predicted octanol–water partition coefficient (Wildman–Crippen LogP) is 2.34. The summed E-state index contributed by atoms with van der Waals surface area (Å²) in [6.45, 7) is 3.73. The van der Waals surface area contributed by atoms with Crippen molar-refractivity contribution in [2.75, 3.05) is 0 Å². The average molecular weight is 236 g/mol. The molecule has 1 aromatic rings. The maximum absolute atomic E-state index is 11.2. The van der Waals surface area contributed by atoms with E-state index in [1.54, 1.807) is 0 Å². The van der Waals surface area contributed by atoms with E-state index in [4.69, 9.17) is 10.2 Å². The lowest BCUT2D eigenvalue weighted by Gasteiger charge is -2.15. The monoisotopic (exact) mass is 236 g/mol.